The molecule has 30 heavy (non-hydrogen) atoms. The van der Waals surface area contributed by atoms with E-state index in [1.807, 2.05) is 41.4 Å². The Morgan fingerprint density at radius 3 is 2.50 bits per heavy atom. The Morgan fingerprint density at radius 2 is 1.80 bits per heavy atom. The van der Waals surface area contributed by atoms with Gasteiger partial charge in [-0.2, -0.15) is 0 Å². The van der Waals surface area contributed by atoms with Gasteiger partial charge in [-0.3, -0.25) is 9.69 Å². The van der Waals surface area contributed by atoms with Gasteiger partial charge in [0, 0.05) is 19.0 Å². The number of aromatic nitrogens is 4. The predicted octanol–water partition coefficient (Wildman–Crippen LogP) is 2.14. The summed E-state index contributed by atoms with van der Waals surface area (Å²) in [5, 5.41) is 9.53. The van der Waals surface area contributed by atoms with Crippen LogP contribution in [0.4, 0.5) is 5.82 Å². The lowest BCUT2D eigenvalue weighted by Crippen LogP contribution is -2.50. The SMILES string of the molecule is CCn1c(Cc2ccccc2)nnc1SCC(=O)N1CCN(c2cccc[nH+]2)CC1. The van der Waals surface area contributed by atoms with Gasteiger partial charge in [0.15, 0.2) is 5.16 Å². The summed E-state index contributed by atoms with van der Waals surface area (Å²) in [5.41, 5.74) is 1.21. The number of amides is 1. The lowest BCUT2D eigenvalue weighted by molar-refractivity contribution is -0.364. The number of pyridine rings is 1. The van der Waals surface area contributed by atoms with Crippen LogP contribution in [0, 0.1) is 0 Å². The Hall–Kier alpha value is -2.87. The Balaban J connectivity index is 1.31. The first-order valence-corrected chi connectivity index (χ1v) is 11.3. The molecule has 3 aromatic rings. The van der Waals surface area contributed by atoms with Crippen LogP contribution in [0.2, 0.25) is 0 Å². The molecule has 1 aromatic carbocycles. The van der Waals surface area contributed by atoms with Gasteiger partial charge in [0.05, 0.1) is 25.0 Å². The minimum absolute atomic E-state index is 0.159. The molecule has 0 aliphatic carbocycles. The number of nitrogens with zero attached hydrogens (tertiary/aromatic N) is 5. The van der Waals surface area contributed by atoms with Crippen molar-refractivity contribution >= 4 is 23.5 Å². The molecule has 156 valence electrons. The van der Waals surface area contributed by atoms with Gasteiger partial charge in [-0.25, -0.2) is 4.98 Å². The monoisotopic (exact) mass is 423 g/mol. The summed E-state index contributed by atoms with van der Waals surface area (Å²) in [7, 11) is 0. The highest BCUT2D eigenvalue weighted by Crippen LogP contribution is 2.20. The summed E-state index contributed by atoms with van der Waals surface area (Å²) in [6, 6.07) is 16.3. The maximum absolute atomic E-state index is 12.7. The minimum atomic E-state index is 0.159. The van der Waals surface area contributed by atoms with Crippen molar-refractivity contribution in [3.63, 3.8) is 0 Å². The van der Waals surface area contributed by atoms with Crippen LogP contribution in [0.3, 0.4) is 0 Å². The van der Waals surface area contributed by atoms with Crippen LogP contribution in [0.5, 0.6) is 0 Å². The van der Waals surface area contributed by atoms with E-state index >= 15 is 0 Å². The summed E-state index contributed by atoms with van der Waals surface area (Å²) in [5.74, 6) is 2.58. The number of nitrogens with one attached hydrogen (secondary N) is 1. The maximum atomic E-state index is 12.7. The Labute approximate surface area is 181 Å². The third kappa shape index (κ3) is 4.81. The van der Waals surface area contributed by atoms with E-state index in [0.29, 0.717) is 5.75 Å². The summed E-state index contributed by atoms with van der Waals surface area (Å²) < 4.78 is 2.11. The second-order valence-electron chi connectivity index (χ2n) is 7.21. The standard InChI is InChI=1S/C22H26N6OS/c1-2-28-20(16-18-8-4-3-5-9-18)24-25-22(28)30-17-21(29)27-14-12-26(13-15-27)19-10-6-7-11-23-19/h3-11H,2,12-17H2,1H3/p+1. The molecule has 0 radical (unpaired) electrons. The topological polar surface area (TPSA) is 68.4 Å². The van der Waals surface area contributed by atoms with Gasteiger partial charge < -0.3 is 9.47 Å². The van der Waals surface area contributed by atoms with E-state index in [1.54, 1.807) is 0 Å². The molecule has 1 aliphatic rings. The number of anilines is 1. The molecular formula is C22H27N6OS+. The Kier molecular flexibility index (Phi) is 6.63. The number of thioether (sulfide) groups is 1. The number of aromatic amines is 1. The van der Waals surface area contributed by atoms with Gasteiger partial charge in [-0.05, 0) is 18.6 Å². The molecule has 0 atom stereocenters. The van der Waals surface area contributed by atoms with Crippen LogP contribution < -0.4 is 9.88 Å². The van der Waals surface area contributed by atoms with E-state index in [0.717, 1.165) is 55.9 Å². The Bertz CT molecular complexity index is 954. The fourth-order valence-electron chi connectivity index (χ4n) is 3.65. The number of piperazine rings is 1. The molecule has 0 spiro atoms. The lowest BCUT2D eigenvalue weighted by atomic mass is 10.1. The highest BCUT2D eigenvalue weighted by Gasteiger charge is 2.26. The number of H-pyrrole nitrogens is 1. The van der Waals surface area contributed by atoms with E-state index in [2.05, 4.69) is 49.8 Å². The summed E-state index contributed by atoms with van der Waals surface area (Å²) >= 11 is 1.48. The molecule has 1 aliphatic heterocycles. The lowest BCUT2D eigenvalue weighted by Gasteiger charge is -2.30. The van der Waals surface area contributed by atoms with Crippen LogP contribution in [-0.4, -0.2) is 57.5 Å². The number of carbonyl (C=O) groups is 1. The number of benzene rings is 1. The van der Waals surface area contributed by atoms with E-state index in [-0.39, 0.29) is 5.91 Å². The molecule has 2 aromatic heterocycles. The van der Waals surface area contributed by atoms with Crippen molar-refractivity contribution in [2.24, 2.45) is 0 Å². The molecule has 1 fully saturated rings. The highest BCUT2D eigenvalue weighted by molar-refractivity contribution is 7.99. The minimum Gasteiger partial charge on any atom is -0.334 e. The van der Waals surface area contributed by atoms with Crippen molar-refractivity contribution in [1.29, 1.82) is 0 Å². The van der Waals surface area contributed by atoms with Crippen molar-refractivity contribution in [2.45, 2.75) is 25.0 Å². The molecule has 3 heterocycles. The molecule has 7 nitrogen and oxygen atoms in total. The molecule has 0 saturated carbocycles. The van der Waals surface area contributed by atoms with Crippen molar-refractivity contribution in [1.82, 2.24) is 19.7 Å². The smallest absolute Gasteiger partial charge is 0.274 e. The zero-order valence-electron chi connectivity index (χ0n) is 17.2. The molecule has 1 amide bonds. The first-order chi connectivity index (χ1) is 14.7. The third-order valence-electron chi connectivity index (χ3n) is 5.31. The summed E-state index contributed by atoms with van der Waals surface area (Å²) in [6.07, 6.45) is 2.67. The van der Waals surface area contributed by atoms with E-state index in [4.69, 9.17) is 0 Å². The number of rotatable bonds is 7. The Morgan fingerprint density at radius 1 is 1.03 bits per heavy atom. The highest BCUT2D eigenvalue weighted by atomic mass is 32.2. The third-order valence-corrected chi connectivity index (χ3v) is 6.26. The van der Waals surface area contributed by atoms with Crippen LogP contribution in [0.25, 0.3) is 0 Å². The fraction of sp³-hybridized carbons (Fsp3) is 0.364. The zero-order valence-corrected chi connectivity index (χ0v) is 18.0. The summed E-state index contributed by atoms with van der Waals surface area (Å²) in [4.78, 5) is 20.2. The molecule has 0 unspecified atom stereocenters. The van der Waals surface area contributed by atoms with Crippen LogP contribution >= 0.6 is 11.8 Å². The summed E-state index contributed by atoms with van der Waals surface area (Å²) in [6.45, 7) is 6.03. The van der Waals surface area contributed by atoms with E-state index in [1.165, 1.54) is 17.3 Å². The van der Waals surface area contributed by atoms with Gasteiger partial charge in [0.1, 0.15) is 18.9 Å². The molecular weight excluding hydrogens is 396 g/mol. The normalized spacial score (nSPS) is 14.2. The number of hydrogen-bond donors (Lipinski definition) is 0. The second kappa shape index (κ2) is 9.75. The van der Waals surface area contributed by atoms with Gasteiger partial charge in [0.25, 0.3) is 5.82 Å². The largest absolute Gasteiger partial charge is 0.334 e. The number of carbonyl (C=O) groups excluding carboxylic acids is 1. The van der Waals surface area contributed by atoms with Crippen LogP contribution in [0.15, 0.2) is 59.9 Å². The molecule has 4 rings (SSSR count). The number of hydrogen-bond acceptors (Lipinski definition) is 5. The van der Waals surface area contributed by atoms with Gasteiger partial charge in [-0.15, -0.1) is 10.2 Å². The molecule has 1 saturated heterocycles. The molecule has 8 heteroatoms. The van der Waals surface area contributed by atoms with Crippen LogP contribution in [-0.2, 0) is 17.8 Å². The van der Waals surface area contributed by atoms with Gasteiger partial charge in [-0.1, -0.05) is 48.2 Å². The van der Waals surface area contributed by atoms with Gasteiger partial charge >= 0.3 is 0 Å². The average Bonchev–Trinajstić information content (AvgIpc) is 3.20. The second-order valence-corrected chi connectivity index (χ2v) is 8.15. The predicted molar refractivity (Wildman–Crippen MR) is 117 cm³/mol. The first kappa shape index (κ1) is 20.4. The maximum Gasteiger partial charge on any atom is 0.274 e. The van der Waals surface area contributed by atoms with Gasteiger partial charge in [0.2, 0.25) is 5.91 Å². The van der Waals surface area contributed by atoms with Crippen molar-refractivity contribution < 1.29 is 9.78 Å². The van der Waals surface area contributed by atoms with E-state index < -0.39 is 0 Å². The quantitative estimate of drug-likeness (QED) is 0.545. The van der Waals surface area contributed by atoms with Crippen molar-refractivity contribution in [3.8, 4) is 0 Å². The first-order valence-electron chi connectivity index (χ1n) is 10.3. The van der Waals surface area contributed by atoms with Crippen molar-refractivity contribution in [3.05, 3.63) is 66.1 Å². The fourth-order valence-corrected chi connectivity index (χ4v) is 4.57. The average molecular weight is 424 g/mol. The van der Waals surface area contributed by atoms with Crippen molar-refractivity contribution in [2.75, 3.05) is 36.8 Å². The molecule has 0 bridgehead atoms. The van der Waals surface area contributed by atoms with E-state index in [9.17, 15) is 4.79 Å². The molecule has 1 N–H and O–H groups in total. The zero-order chi connectivity index (χ0) is 20.8. The van der Waals surface area contributed by atoms with Crippen LogP contribution in [0.1, 0.15) is 18.3 Å².